The van der Waals surface area contributed by atoms with Crippen LogP contribution in [-0.2, 0) is 4.79 Å². The quantitative estimate of drug-likeness (QED) is 0.630. The molecule has 1 aromatic heterocycles. The number of carbonyl (C=O) groups is 2. The largest absolute Gasteiger partial charge is 0.326 e. The summed E-state index contributed by atoms with van der Waals surface area (Å²) < 4.78 is 0. The average Bonchev–Trinajstić information content (AvgIpc) is 2.97. The normalized spacial score (nSPS) is 14.7. The summed E-state index contributed by atoms with van der Waals surface area (Å²) in [6.07, 6.45) is 3.08. The van der Waals surface area contributed by atoms with Gasteiger partial charge in [-0.05, 0) is 56.5 Å². The van der Waals surface area contributed by atoms with Gasteiger partial charge in [0.15, 0.2) is 0 Å². The van der Waals surface area contributed by atoms with Crippen molar-refractivity contribution < 1.29 is 9.59 Å². The van der Waals surface area contributed by atoms with Crippen LogP contribution >= 0.6 is 11.3 Å². The van der Waals surface area contributed by atoms with Crippen LogP contribution in [0.1, 0.15) is 46.3 Å². The van der Waals surface area contributed by atoms with Crippen LogP contribution in [0.2, 0.25) is 0 Å². The van der Waals surface area contributed by atoms with E-state index in [1.54, 1.807) is 6.07 Å². The van der Waals surface area contributed by atoms with Crippen molar-refractivity contribution in [1.29, 1.82) is 0 Å². The summed E-state index contributed by atoms with van der Waals surface area (Å²) in [6.45, 7) is 3.78. The lowest BCUT2D eigenvalue weighted by molar-refractivity contribution is -0.122. The second-order valence-electron chi connectivity index (χ2n) is 6.25. The van der Waals surface area contributed by atoms with Crippen LogP contribution < -0.4 is 10.7 Å². The van der Waals surface area contributed by atoms with Crippen molar-refractivity contribution in [3.63, 3.8) is 0 Å². The third-order valence-electron chi connectivity index (χ3n) is 4.31. The topological polar surface area (TPSA) is 70.6 Å². The summed E-state index contributed by atoms with van der Waals surface area (Å²) >= 11 is 1.43. The maximum absolute atomic E-state index is 12.1. The molecule has 1 aliphatic carbocycles. The molecule has 3 rings (SSSR count). The van der Waals surface area contributed by atoms with Gasteiger partial charge in [-0.1, -0.05) is 18.6 Å². The molecule has 2 amide bonds. The van der Waals surface area contributed by atoms with Gasteiger partial charge < -0.3 is 5.32 Å². The molecule has 0 unspecified atom stereocenters. The van der Waals surface area contributed by atoms with E-state index in [1.807, 2.05) is 44.2 Å². The highest BCUT2D eigenvalue weighted by molar-refractivity contribution is 7.13. The first-order valence-electron chi connectivity index (χ1n) is 8.35. The number of hydrogen-bond donors (Lipinski definition) is 2. The van der Waals surface area contributed by atoms with Crippen LogP contribution in [0.4, 0.5) is 5.69 Å². The second-order valence-corrected chi connectivity index (χ2v) is 7.53. The molecule has 0 aliphatic heterocycles. The van der Waals surface area contributed by atoms with Crippen molar-refractivity contribution in [1.82, 2.24) is 5.43 Å². The lowest BCUT2D eigenvalue weighted by Crippen LogP contribution is -2.28. The Morgan fingerprint density at radius 2 is 2.00 bits per heavy atom. The number of nitrogens with one attached hydrogen (secondary N) is 2. The van der Waals surface area contributed by atoms with Gasteiger partial charge in [-0.15, -0.1) is 11.3 Å². The molecular weight excluding hydrogens is 334 g/mol. The van der Waals surface area contributed by atoms with E-state index in [9.17, 15) is 9.59 Å². The number of hydrazone groups is 1. The SMILES string of the molecule is C/C(=N\NC(=O)c1ccc(C)s1)c1cccc(NC(=O)C2CCC2)c1. The van der Waals surface area contributed by atoms with Crippen LogP contribution in [0.3, 0.4) is 0 Å². The Hall–Kier alpha value is -2.47. The predicted octanol–water partition coefficient (Wildman–Crippen LogP) is 3.95. The number of benzene rings is 1. The van der Waals surface area contributed by atoms with Crippen LogP contribution in [0.5, 0.6) is 0 Å². The maximum atomic E-state index is 12.1. The van der Waals surface area contributed by atoms with Crippen LogP contribution in [0.25, 0.3) is 0 Å². The third-order valence-corrected chi connectivity index (χ3v) is 5.31. The van der Waals surface area contributed by atoms with Crippen LogP contribution in [0, 0.1) is 12.8 Å². The molecule has 0 bridgehead atoms. The summed E-state index contributed by atoms with van der Waals surface area (Å²) in [5.74, 6) is 0.0122. The van der Waals surface area contributed by atoms with E-state index in [2.05, 4.69) is 15.8 Å². The van der Waals surface area contributed by atoms with Gasteiger partial charge in [0.25, 0.3) is 5.91 Å². The first kappa shape index (κ1) is 17.4. The Bertz CT molecular complexity index is 822. The Balaban J connectivity index is 1.64. The molecule has 1 saturated carbocycles. The van der Waals surface area contributed by atoms with Gasteiger partial charge in [0.2, 0.25) is 5.91 Å². The molecule has 1 fully saturated rings. The summed E-state index contributed by atoms with van der Waals surface area (Å²) in [7, 11) is 0. The Morgan fingerprint density at radius 3 is 2.64 bits per heavy atom. The molecule has 6 heteroatoms. The van der Waals surface area contributed by atoms with Crippen molar-refractivity contribution in [2.75, 3.05) is 5.32 Å². The smallest absolute Gasteiger partial charge is 0.281 e. The van der Waals surface area contributed by atoms with E-state index in [0.717, 1.165) is 35.4 Å². The Kier molecular flexibility index (Phi) is 5.28. The number of nitrogens with zero attached hydrogens (tertiary/aromatic N) is 1. The molecule has 1 heterocycles. The fourth-order valence-corrected chi connectivity index (χ4v) is 3.30. The Labute approximate surface area is 151 Å². The molecule has 0 saturated heterocycles. The maximum Gasteiger partial charge on any atom is 0.281 e. The predicted molar refractivity (Wildman–Crippen MR) is 101 cm³/mol. The summed E-state index contributed by atoms with van der Waals surface area (Å²) in [5, 5.41) is 7.13. The minimum Gasteiger partial charge on any atom is -0.326 e. The van der Waals surface area contributed by atoms with Crippen molar-refractivity contribution in [3.8, 4) is 0 Å². The summed E-state index contributed by atoms with van der Waals surface area (Å²) in [6, 6.07) is 11.2. The molecule has 1 aromatic carbocycles. The number of carbonyl (C=O) groups excluding carboxylic acids is 2. The molecule has 1 aliphatic rings. The van der Waals surface area contributed by atoms with Gasteiger partial charge in [0.05, 0.1) is 10.6 Å². The molecule has 25 heavy (non-hydrogen) atoms. The lowest BCUT2D eigenvalue weighted by atomic mass is 9.85. The third kappa shape index (κ3) is 4.33. The van der Waals surface area contributed by atoms with Crippen LogP contribution in [-0.4, -0.2) is 17.5 Å². The van der Waals surface area contributed by atoms with E-state index in [4.69, 9.17) is 0 Å². The number of amides is 2. The van der Waals surface area contributed by atoms with Gasteiger partial charge in [-0.3, -0.25) is 9.59 Å². The minimum atomic E-state index is -0.216. The highest BCUT2D eigenvalue weighted by Crippen LogP contribution is 2.27. The zero-order chi connectivity index (χ0) is 17.8. The van der Waals surface area contributed by atoms with E-state index in [-0.39, 0.29) is 17.7 Å². The highest BCUT2D eigenvalue weighted by Gasteiger charge is 2.25. The average molecular weight is 355 g/mol. The number of thiophene rings is 1. The number of aryl methyl sites for hydroxylation is 1. The minimum absolute atomic E-state index is 0.0827. The van der Waals surface area contributed by atoms with E-state index < -0.39 is 0 Å². The first-order valence-corrected chi connectivity index (χ1v) is 9.17. The molecular formula is C19H21N3O2S. The zero-order valence-corrected chi connectivity index (χ0v) is 15.2. The number of rotatable bonds is 5. The van der Waals surface area contributed by atoms with Crippen molar-refractivity contribution >= 4 is 34.6 Å². The molecule has 2 N–H and O–H groups in total. The molecule has 0 atom stereocenters. The van der Waals surface area contributed by atoms with Gasteiger partial charge in [-0.25, -0.2) is 5.43 Å². The number of hydrogen-bond acceptors (Lipinski definition) is 4. The van der Waals surface area contributed by atoms with Gasteiger partial charge >= 0.3 is 0 Å². The zero-order valence-electron chi connectivity index (χ0n) is 14.3. The van der Waals surface area contributed by atoms with Crippen molar-refractivity contribution in [2.45, 2.75) is 33.1 Å². The molecule has 0 spiro atoms. The number of anilines is 1. The van der Waals surface area contributed by atoms with Gasteiger partial charge in [0, 0.05) is 16.5 Å². The van der Waals surface area contributed by atoms with Gasteiger partial charge in [-0.2, -0.15) is 5.10 Å². The molecule has 2 aromatic rings. The fraction of sp³-hybridized carbons (Fsp3) is 0.316. The van der Waals surface area contributed by atoms with Crippen molar-refractivity contribution in [2.24, 2.45) is 11.0 Å². The molecule has 5 nitrogen and oxygen atoms in total. The van der Waals surface area contributed by atoms with E-state index in [1.165, 1.54) is 11.3 Å². The molecule has 130 valence electrons. The lowest BCUT2D eigenvalue weighted by Gasteiger charge is -2.24. The Morgan fingerprint density at radius 1 is 1.20 bits per heavy atom. The van der Waals surface area contributed by atoms with Crippen LogP contribution in [0.15, 0.2) is 41.5 Å². The van der Waals surface area contributed by atoms with Gasteiger partial charge in [0.1, 0.15) is 0 Å². The van der Waals surface area contributed by atoms with Crippen molar-refractivity contribution in [3.05, 3.63) is 51.7 Å². The summed E-state index contributed by atoms with van der Waals surface area (Å²) in [4.78, 5) is 25.8. The highest BCUT2D eigenvalue weighted by atomic mass is 32.1. The standard InChI is InChI=1S/C19H21N3O2S/c1-12-9-10-17(25-12)19(24)22-21-13(2)15-7-4-8-16(11-15)20-18(23)14-5-3-6-14/h4,7-11,14H,3,5-6H2,1-2H3,(H,20,23)(H,22,24)/b21-13+. The van der Waals surface area contributed by atoms with E-state index in [0.29, 0.717) is 10.6 Å². The fourth-order valence-electron chi connectivity index (χ4n) is 2.55. The van der Waals surface area contributed by atoms with E-state index >= 15 is 0 Å². The first-order chi connectivity index (χ1) is 12.0. The summed E-state index contributed by atoms with van der Waals surface area (Å²) in [5.41, 5.74) is 4.87. The molecule has 0 radical (unpaired) electrons. The monoisotopic (exact) mass is 355 g/mol. The second kappa shape index (κ2) is 7.61.